The highest BCUT2D eigenvalue weighted by molar-refractivity contribution is 7.92. The first-order valence-corrected chi connectivity index (χ1v) is 21.0. The Kier molecular flexibility index (Phi) is 12.1. The van der Waals surface area contributed by atoms with Crippen LogP contribution in [0.25, 0.3) is 0 Å². The number of ether oxygens (including phenoxy) is 5. The number of hydrogen-bond acceptors (Lipinski definition) is 10. The van der Waals surface area contributed by atoms with E-state index < -0.39 is 51.6 Å². The third-order valence-electron chi connectivity index (χ3n) is 11.7. The number of carbonyl (C=O) groups excluding carboxylic acids is 1. The summed E-state index contributed by atoms with van der Waals surface area (Å²) < 4.78 is 58.2. The fourth-order valence-electron chi connectivity index (χ4n) is 8.71. The van der Waals surface area contributed by atoms with Gasteiger partial charge in [0, 0.05) is 30.9 Å². The zero-order valence-electron chi connectivity index (χ0n) is 31.8. The van der Waals surface area contributed by atoms with Gasteiger partial charge in [0.15, 0.2) is 5.79 Å². The monoisotopic (exact) mass is 755 g/mol. The van der Waals surface area contributed by atoms with Gasteiger partial charge in [-0.1, -0.05) is 63.3 Å². The van der Waals surface area contributed by atoms with E-state index in [4.69, 9.17) is 23.7 Å². The molecule has 1 aromatic rings. The molecular formula is C41H57NO10S. The van der Waals surface area contributed by atoms with Crippen molar-refractivity contribution in [2.75, 3.05) is 24.2 Å². The molecular weight excluding hydrogens is 699 g/mol. The average molecular weight is 756 g/mol. The van der Waals surface area contributed by atoms with Gasteiger partial charge < -0.3 is 33.9 Å². The van der Waals surface area contributed by atoms with Crippen LogP contribution in [0.15, 0.2) is 71.4 Å². The number of esters is 1. The molecule has 1 aromatic carbocycles. The van der Waals surface area contributed by atoms with Crippen molar-refractivity contribution in [3.05, 3.63) is 76.9 Å². The second-order valence-electron chi connectivity index (χ2n) is 15.9. The Bertz CT molecular complexity index is 1720. The van der Waals surface area contributed by atoms with Crippen molar-refractivity contribution >= 4 is 21.7 Å². The van der Waals surface area contributed by atoms with Gasteiger partial charge >= 0.3 is 5.97 Å². The van der Waals surface area contributed by atoms with Crippen LogP contribution in [0.3, 0.4) is 0 Å². The van der Waals surface area contributed by atoms with E-state index in [1.807, 2.05) is 24.3 Å². The van der Waals surface area contributed by atoms with Crippen molar-refractivity contribution in [1.29, 1.82) is 0 Å². The van der Waals surface area contributed by atoms with E-state index in [0.717, 1.165) is 30.2 Å². The Balaban J connectivity index is 1.30. The van der Waals surface area contributed by atoms with Gasteiger partial charge in [-0.25, -0.2) is 8.42 Å². The van der Waals surface area contributed by atoms with Gasteiger partial charge in [0.1, 0.15) is 29.8 Å². The number of nitrogens with one attached hydrogen (secondary N) is 1. The van der Waals surface area contributed by atoms with Gasteiger partial charge in [-0.15, -0.1) is 0 Å². The maximum Gasteiger partial charge on any atom is 0.316 e. The number of allylic oxidation sites excluding steroid dienone is 2. The number of aliphatic hydroxyl groups excluding tert-OH is 1. The van der Waals surface area contributed by atoms with Gasteiger partial charge in [-0.05, 0) is 79.9 Å². The van der Waals surface area contributed by atoms with Crippen molar-refractivity contribution in [3.63, 3.8) is 0 Å². The second kappa shape index (κ2) is 16.1. The molecule has 11 atom stereocenters. The molecule has 5 aliphatic rings. The fourth-order valence-corrected chi connectivity index (χ4v) is 9.27. The van der Waals surface area contributed by atoms with Crippen LogP contribution in [-0.2, 0) is 44.9 Å². The van der Waals surface area contributed by atoms with Crippen LogP contribution in [0.2, 0.25) is 0 Å². The second-order valence-corrected chi connectivity index (χ2v) is 17.6. The summed E-state index contributed by atoms with van der Waals surface area (Å²) in [7, 11) is -3.36. The third kappa shape index (κ3) is 8.85. The molecule has 0 amide bonds. The SMILES string of the molecule is CC[C@H]1O[C@]2(CC[C@@H]1C)C[C@@H]1C[C@@H](C/C=C(\C)[C@H](OCCc3ccc(NS(C)(=O)=O)cc3)[C@@H](C)/C=C/C=C3\CO[C@@H]4[C@H](O)C(C)=C[C@@H](C(=O)O1)[C@]34O)O2. The third-order valence-corrected chi connectivity index (χ3v) is 12.3. The van der Waals surface area contributed by atoms with E-state index in [0.29, 0.717) is 61.5 Å². The van der Waals surface area contributed by atoms with E-state index >= 15 is 0 Å². The molecule has 1 aliphatic carbocycles. The molecule has 292 valence electrons. The highest BCUT2D eigenvalue weighted by Gasteiger charge is 2.60. The van der Waals surface area contributed by atoms with E-state index in [1.165, 1.54) is 0 Å². The smallest absolute Gasteiger partial charge is 0.316 e. The minimum absolute atomic E-state index is 0.0294. The number of aliphatic hydroxyl groups is 2. The molecule has 0 saturated carbocycles. The molecule has 3 fully saturated rings. The lowest BCUT2D eigenvalue weighted by molar-refractivity contribution is -0.335. The van der Waals surface area contributed by atoms with Crippen LogP contribution in [0.4, 0.5) is 5.69 Å². The topological polar surface area (TPSA) is 150 Å². The number of carbonyl (C=O) groups is 1. The Morgan fingerprint density at radius 3 is 2.55 bits per heavy atom. The molecule has 0 unspecified atom stereocenters. The van der Waals surface area contributed by atoms with Crippen molar-refractivity contribution < 1.29 is 47.1 Å². The lowest BCUT2D eigenvalue weighted by atomic mass is 9.71. The molecule has 2 bridgehead atoms. The first-order valence-electron chi connectivity index (χ1n) is 19.1. The predicted octanol–water partition coefficient (Wildman–Crippen LogP) is 5.53. The Labute approximate surface area is 314 Å². The Morgan fingerprint density at radius 1 is 1.08 bits per heavy atom. The summed E-state index contributed by atoms with van der Waals surface area (Å²) in [5.74, 6) is -2.20. The first-order chi connectivity index (χ1) is 25.1. The first kappa shape index (κ1) is 39.8. The molecule has 4 heterocycles. The van der Waals surface area contributed by atoms with Crippen LogP contribution < -0.4 is 4.72 Å². The van der Waals surface area contributed by atoms with Gasteiger partial charge in [-0.3, -0.25) is 9.52 Å². The molecule has 12 heteroatoms. The summed E-state index contributed by atoms with van der Waals surface area (Å²) in [6.45, 7) is 10.7. The van der Waals surface area contributed by atoms with Crippen molar-refractivity contribution in [2.24, 2.45) is 17.8 Å². The standard InChI is InChI=1S/C41H57NO10S/c1-7-35-25(2)17-19-40(52-35)23-33-22-32(51-40)16-11-27(4)37(48-20-18-29-12-14-31(15-13-29)42-53(6,46)47)26(3)9-8-10-30-24-49-38-36(43)28(5)21-34(39(44)50-33)41(30,38)45/h8-15,21,25-26,32-38,42-43,45H,7,16-20,22-24H2,1-6H3/b9-8+,27-11+,30-10+/t25-,26-,32+,33-,34-,35+,36+,37+,38+,40+,41+/m0/s1. The summed E-state index contributed by atoms with van der Waals surface area (Å²) in [6.07, 6.45) is 12.0. The molecule has 0 radical (unpaired) electrons. The summed E-state index contributed by atoms with van der Waals surface area (Å²) in [6, 6.07) is 7.26. The quantitative estimate of drug-likeness (QED) is 0.240. The normalized spacial score (nSPS) is 40.6. The Morgan fingerprint density at radius 2 is 1.83 bits per heavy atom. The van der Waals surface area contributed by atoms with Crippen molar-refractivity contribution in [1.82, 2.24) is 0 Å². The largest absolute Gasteiger partial charge is 0.462 e. The number of anilines is 1. The molecule has 4 aliphatic heterocycles. The highest BCUT2D eigenvalue weighted by atomic mass is 32.2. The number of rotatable bonds is 7. The molecule has 0 aromatic heterocycles. The van der Waals surface area contributed by atoms with Gasteiger partial charge in [-0.2, -0.15) is 0 Å². The lowest BCUT2D eigenvalue weighted by Crippen LogP contribution is -2.58. The highest BCUT2D eigenvalue weighted by Crippen LogP contribution is 2.47. The maximum absolute atomic E-state index is 14.1. The van der Waals surface area contributed by atoms with Crippen LogP contribution in [-0.4, -0.2) is 92.1 Å². The average Bonchev–Trinajstić information content (AvgIpc) is 3.44. The van der Waals surface area contributed by atoms with E-state index in [1.54, 1.807) is 31.2 Å². The van der Waals surface area contributed by atoms with Gasteiger partial charge in [0.2, 0.25) is 10.0 Å². The summed E-state index contributed by atoms with van der Waals surface area (Å²) in [5, 5.41) is 23.4. The lowest BCUT2D eigenvalue weighted by Gasteiger charge is -2.50. The van der Waals surface area contributed by atoms with Crippen LogP contribution in [0.5, 0.6) is 0 Å². The van der Waals surface area contributed by atoms with Crippen molar-refractivity contribution in [3.8, 4) is 0 Å². The van der Waals surface area contributed by atoms with Crippen LogP contribution in [0, 0.1) is 17.8 Å². The molecule has 1 spiro atoms. The van der Waals surface area contributed by atoms with E-state index in [-0.39, 0.29) is 30.8 Å². The summed E-state index contributed by atoms with van der Waals surface area (Å²) >= 11 is 0. The fraction of sp³-hybridized carbons (Fsp3) is 0.634. The summed E-state index contributed by atoms with van der Waals surface area (Å²) in [4.78, 5) is 14.1. The van der Waals surface area contributed by atoms with Crippen LogP contribution in [0.1, 0.15) is 78.7 Å². The van der Waals surface area contributed by atoms with Gasteiger partial charge in [0.25, 0.3) is 0 Å². The minimum Gasteiger partial charge on any atom is -0.462 e. The summed E-state index contributed by atoms with van der Waals surface area (Å²) in [5.41, 5.74) is 1.82. The van der Waals surface area contributed by atoms with E-state index in [2.05, 4.69) is 38.5 Å². The van der Waals surface area contributed by atoms with Crippen LogP contribution >= 0.6 is 0 Å². The number of fused-ring (bicyclic) bond motifs is 2. The zero-order chi connectivity index (χ0) is 38.1. The zero-order valence-corrected chi connectivity index (χ0v) is 32.6. The van der Waals surface area contributed by atoms with Gasteiger partial charge in [0.05, 0.1) is 37.8 Å². The molecule has 3 saturated heterocycles. The number of hydrogen-bond donors (Lipinski definition) is 3. The predicted molar refractivity (Wildman–Crippen MR) is 201 cm³/mol. The number of sulfonamides is 1. The minimum atomic E-state index is -3.36. The van der Waals surface area contributed by atoms with Crippen molar-refractivity contribution in [2.45, 2.75) is 128 Å². The number of benzene rings is 1. The molecule has 53 heavy (non-hydrogen) atoms. The molecule has 3 N–H and O–H groups in total. The maximum atomic E-state index is 14.1. The Hall–Kier alpha value is -2.84. The van der Waals surface area contributed by atoms with E-state index in [9.17, 15) is 23.4 Å². The molecule has 11 nitrogen and oxygen atoms in total. The molecule has 6 rings (SSSR count).